The summed E-state index contributed by atoms with van der Waals surface area (Å²) in [6.45, 7) is 4.61. The van der Waals surface area contributed by atoms with Gasteiger partial charge in [0.1, 0.15) is 19.3 Å². The van der Waals surface area contributed by atoms with E-state index >= 15 is 0 Å². The molecule has 0 bridgehead atoms. The topological polar surface area (TPSA) is 237 Å². The number of phosphoric ester groups is 2. The molecule has 594 valence electrons. The summed E-state index contributed by atoms with van der Waals surface area (Å²) in [5.41, 5.74) is 0. The average molecular weight is 1500 g/mol. The number of carbonyl (C=O) groups excluding carboxylic acids is 4. The normalized spacial score (nSPS) is 14.6. The minimum Gasteiger partial charge on any atom is -0.462 e. The Bertz CT molecular complexity index is 2540. The molecule has 104 heavy (non-hydrogen) atoms. The Balaban J connectivity index is 5.51. The lowest BCUT2D eigenvalue weighted by Gasteiger charge is -2.21. The first kappa shape index (κ1) is 98.9. The highest BCUT2D eigenvalue weighted by atomic mass is 31.2. The predicted molar refractivity (Wildman–Crippen MR) is 427 cm³/mol. The van der Waals surface area contributed by atoms with E-state index in [1.165, 1.54) is 83.5 Å². The SMILES string of the molecule is CCCCC/C=C\C/C=C\C/C=C\C/C=C\CCCC(=O)O[C@H](COC(=O)CCCCCCC/C=C\C=C/CCCCCC)COP(=O)(O)OC[C@H](O)COP(=O)(O)OC[C@@H](COC(=O)CCCCCCC/C=C\C/C=C\CCCCC)OC(=O)CCC/C=C\C/C=C\C/C=C\C/C=C\CCCCC. The Hall–Kier alpha value is -5.06. The Labute approximate surface area is 630 Å². The van der Waals surface area contributed by atoms with E-state index < -0.39 is 97.5 Å². The number of aliphatic hydroxyl groups is 1. The minimum absolute atomic E-state index is 0.0102. The van der Waals surface area contributed by atoms with Crippen LogP contribution < -0.4 is 0 Å². The Morgan fingerprint density at radius 1 is 0.279 bits per heavy atom. The quantitative estimate of drug-likeness (QED) is 0.0128. The van der Waals surface area contributed by atoms with Gasteiger partial charge in [-0.2, -0.15) is 0 Å². The van der Waals surface area contributed by atoms with Crippen LogP contribution in [0.5, 0.6) is 0 Å². The number of unbranched alkanes of at least 4 members (excludes halogenated alkanes) is 25. The molecule has 0 fully saturated rings. The maximum Gasteiger partial charge on any atom is 0.472 e. The van der Waals surface area contributed by atoms with Crippen molar-refractivity contribution in [1.29, 1.82) is 0 Å². The zero-order valence-corrected chi connectivity index (χ0v) is 66.7. The van der Waals surface area contributed by atoms with Crippen molar-refractivity contribution in [1.82, 2.24) is 0 Å². The first-order valence-corrected chi connectivity index (χ1v) is 43.1. The third-order valence-electron chi connectivity index (χ3n) is 16.3. The van der Waals surface area contributed by atoms with Gasteiger partial charge in [0.05, 0.1) is 26.4 Å². The molecule has 0 spiro atoms. The molecular formula is C85H142O17P2. The molecule has 3 N–H and O–H groups in total. The molecule has 0 aliphatic rings. The highest BCUT2D eigenvalue weighted by Gasteiger charge is 2.30. The van der Waals surface area contributed by atoms with Crippen LogP contribution in [0.25, 0.3) is 0 Å². The van der Waals surface area contributed by atoms with Gasteiger partial charge in [0.2, 0.25) is 0 Å². The van der Waals surface area contributed by atoms with E-state index in [4.69, 9.17) is 37.0 Å². The summed E-state index contributed by atoms with van der Waals surface area (Å²) >= 11 is 0. The van der Waals surface area contributed by atoms with Gasteiger partial charge >= 0.3 is 39.5 Å². The molecule has 0 aliphatic carbocycles. The molecule has 17 nitrogen and oxygen atoms in total. The lowest BCUT2D eigenvalue weighted by molar-refractivity contribution is -0.161. The van der Waals surface area contributed by atoms with E-state index in [2.05, 4.69) is 149 Å². The summed E-state index contributed by atoms with van der Waals surface area (Å²) in [4.78, 5) is 73.0. The first-order chi connectivity index (χ1) is 50.7. The molecule has 0 aliphatic heterocycles. The van der Waals surface area contributed by atoms with E-state index in [-0.39, 0.29) is 25.7 Å². The van der Waals surface area contributed by atoms with Crippen molar-refractivity contribution in [2.45, 2.75) is 329 Å². The zero-order chi connectivity index (χ0) is 76.0. The second-order valence-electron chi connectivity index (χ2n) is 26.3. The maximum atomic E-state index is 13.1. The second-order valence-corrected chi connectivity index (χ2v) is 29.2. The van der Waals surface area contributed by atoms with Crippen LogP contribution in [-0.4, -0.2) is 96.7 Å². The number of esters is 4. The van der Waals surface area contributed by atoms with E-state index in [1.54, 1.807) is 0 Å². The van der Waals surface area contributed by atoms with Crippen molar-refractivity contribution in [2.75, 3.05) is 39.6 Å². The monoisotopic (exact) mass is 1500 g/mol. The number of carbonyl (C=O) groups is 4. The molecule has 2 unspecified atom stereocenters. The predicted octanol–water partition coefficient (Wildman–Crippen LogP) is 23.4. The van der Waals surface area contributed by atoms with Crippen LogP contribution >= 0.6 is 15.6 Å². The largest absolute Gasteiger partial charge is 0.472 e. The highest BCUT2D eigenvalue weighted by molar-refractivity contribution is 7.47. The summed E-state index contributed by atoms with van der Waals surface area (Å²) < 4.78 is 68.5. The summed E-state index contributed by atoms with van der Waals surface area (Å²) in [6.07, 6.45) is 86.9. The van der Waals surface area contributed by atoms with Gasteiger partial charge in [-0.25, -0.2) is 9.13 Å². The van der Waals surface area contributed by atoms with Gasteiger partial charge in [-0.05, 0) is 161 Å². The van der Waals surface area contributed by atoms with Crippen molar-refractivity contribution < 1.29 is 80.2 Å². The molecule has 0 amide bonds. The fourth-order valence-corrected chi connectivity index (χ4v) is 11.7. The van der Waals surface area contributed by atoms with Crippen LogP contribution in [0.3, 0.4) is 0 Å². The molecule has 0 radical (unpaired) electrons. The number of rotatable bonds is 74. The first-order valence-electron chi connectivity index (χ1n) is 40.1. The molecule has 0 rings (SSSR count). The molecule has 0 saturated carbocycles. The van der Waals surface area contributed by atoms with E-state index in [9.17, 15) is 43.2 Å². The van der Waals surface area contributed by atoms with Gasteiger partial charge < -0.3 is 33.8 Å². The fraction of sp³-hybridized carbons (Fsp3) is 0.671. The lowest BCUT2D eigenvalue weighted by Crippen LogP contribution is -2.30. The van der Waals surface area contributed by atoms with Crippen molar-refractivity contribution in [3.63, 3.8) is 0 Å². The van der Waals surface area contributed by atoms with E-state index in [0.717, 1.165) is 135 Å². The van der Waals surface area contributed by atoms with Crippen LogP contribution in [-0.2, 0) is 65.4 Å². The Kier molecular flexibility index (Phi) is 72.4. The van der Waals surface area contributed by atoms with Gasteiger partial charge in [-0.15, -0.1) is 0 Å². The van der Waals surface area contributed by atoms with Gasteiger partial charge in [-0.3, -0.25) is 37.3 Å². The number of hydrogen-bond acceptors (Lipinski definition) is 15. The maximum absolute atomic E-state index is 13.1. The number of hydrogen-bond donors (Lipinski definition) is 3. The summed E-state index contributed by atoms with van der Waals surface area (Å²) in [5, 5.41) is 10.6. The van der Waals surface area contributed by atoms with Gasteiger partial charge in [0.15, 0.2) is 12.2 Å². The Morgan fingerprint density at radius 3 is 0.827 bits per heavy atom. The standard InChI is InChI=1S/C85H142O17P2/c1-5-9-13-17-21-25-29-33-37-39-43-47-51-55-59-63-67-71-84(89)101-80(75-95-82(87)69-65-61-57-53-49-45-41-35-31-27-23-19-15-11-7-3)77-99-103(91,92)97-73-79(86)74-98-104(93,94)100-78-81(76-96-83(88)70-66-62-58-54-50-46-42-36-32-28-24-20-16-12-8-4)102-85(90)72-68-64-60-56-52-48-44-40-38-34-30-26-22-18-14-10-6-2/h21-23,25-28,32-38,41-44,47-48,55-56,59-60,79-81,86H,5-20,24,29-31,39-40,45-46,49-54,57-58,61-78H2,1-4H3,(H,91,92)(H,93,94)/b25-21-,26-22-,27-23-,32-28-,37-33-,38-34-,41-35-,42-36-,47-43-,48-44-,59-55-,60-56-/t79-,80-,81-/m1/s1. The van der Waals surface area contributed by atoms with Gasteiger partial charge in [0.25, 0.3) is 0 Å². The van der Waals surface area contributed by atoms with E-state index in [1.807, 2.05) is 24.3 Å². The van der Waals surface area contributed by atoms with Crippen LogP contribution in [0.2, 0.25) is 0 Å². The molecule has 0 aromatic rings. The van der Waals surface area contributed by atoms with Crippen LogP contribution in [0, 0.1) is 0 Å². The van der Waals surface area contributed by atoms with Crippen molar-refractivity contribution in [3.8, 4) is 0 Å². The number of aliphatic hydroxyl groups excluding tert-OH is 1. The molecule has 0 aromatic heterocycles. The average Bonchev–Trinajstić information content (AvgIpc) is 0.907. The number of phosphoric acid groups is 2. The number of allylic oxidation sites excluding steroid dienone is 24. The molecule has 19 heteroatoms. The van der Waals surface area contributed by atoms with Crippen LogP contribution in [0.4, 0.5) is 0 Å². The molecule has 5 atom stereocenters. The van der Waals surface area contributed by atoms with Crippen molar-refractivity contribution in [2.24, 2.45) is 0 Å². The molecule has 0 saturated heterocycles. The van der Waals surface area contributed by atoms with Crippen LogP contribution in [0.15, 0.2) is 146 Å². The van der Waals surface area contributed by atoms with Crippen molar-refractivity contribution >= 4 is 39.5 Å². The summed E-state index contributed by atoms with van der Waals surface area (Å²) in [5.74, 6) is -2.34. The Morgan fingerprint density at radius 2 is 0.510 bits per heavy atom. The van der Waals surface area contributed by atoms with Gasteiger partial charge in [0, 0.05) is 25.7 Å². The molecule has 0 aromatic carbocycles. The second kappa shape index (κ2) is 76.1. The molecular weight excluding hydrogens is 1350 g/mol. The van der Waals surface area contributed by atoms with Crippen LogP contribution in [0.1, 0.15) is 310 Å². The summed E-state index contributed by atoms with van der Waals surface area (Å²) in [6, 6.07) is 0. The van der Waals surface area contributed by atoms with E-state index in [0.29, 0.717) is 38.5 Å². The highest BCUT2D eigenvalue weighted by Crippen LogP contribution is 2.45. The lowest BCUT2D eigenvalue weighted by atomic mass is 10.1. The molecule has 0 heterocycles. The third-order valence-corrected chi connectivity index (χ3v) is 18.2. The smallest absolute Gasteiger partial charge is 0.462 e. The zero-order valence-electron chi connectivity index (χ0n) is 64.9. The number of ether oxygens (including phenoxy) is 4. The fourth-order valence-electron chi connectivity index (χ4n) is 10.1. The third kappa shape index (κ3) is 75.2. The van der Waals surface area contributed by atoms with Crippen molar-refractivity contribution in [3.05, 3.63) is 146 Å². The van der Waals surface area contributed by atoms with Gasteiger partial charge in [-0.1, -0.05) is 270 Å². The minimum atomic E-state index is -5.01. The summed E-state index contributed by atoms with van der Waals surface area (Å²) in [7, 11) is -10.0.